The predicted molar refractivity (Wildman–Crippen MR) is 79.1 cm³/mol. The van der Waals surface area contributed by atoms with E-state index in [0.29, 0.717) is 30.4 Å². The molecule has 0 bridgehead atoms. The smallest absolute Gasteiger partial charge is 0.272 e. The minimum absolute atomic E-state index is 0.0200. The molecule has 112 valence electrons. The van der Waals surface area contributed by atoms with E-state index in [2.05, 4.69) is 20.6 Å². The number of hydrogen-bond acceptors (Lipinski definition) is 5. The lowest BCUT2D eigenvalue weighted by Gasteiger charge is -2.14. The number of rotatable bonds is 7. The Morgan fingerprint density at radius 2 is 2.10 bits per heavy atom. The summed E-state index contributed by atoms with van der Waals surface area (Å²) >= 11 is 0. The largest absolute Gasteiger partial charge is 0.385 e. The zero-order valence-corrected chi connectivity index (χ0v) is 12.9. The van der Waals surface area contributed by atoms with Gasteiger partial charge in [-0.15, -0.1) is 0 Å². The van der Waals surface area contributed by atoms with Crippen LogP contribution in [0, 0.1) is 0 Å². The van der Waals surface area contributed by atoms with E-state index in [4.69, 9.17) is 4.74 Å². The van der Waals surface area contributed by atoms with Gasteiger partial charge in [0.15, 0.2) is 5.69 Å². The second-order valence-corrected chi connectivity index (χ2v) is 4.87. The highest BCUT2D eigenvalue weighted by atomic mass is 16.5. The maximum Gasteiger partial charge on any atom is 0.272 e. The Labute approximate surface area is 120 Å². The van der Waals surface area contributed by atoms with E-state index in [0.717, 1.165) is 0 Å². The summed E-state index contributed by atoms with van der Waals surface area (Å²) in [6.07, 6.45) is 1.62. The molecule has 6 heteroatoms. The van der Waals surface area contributed by atoms with Crippen molar-refractivity contribution >= 4 is 11.6 Å². The van der Waals surface area contributed by atoms with Gasteiger partial charge in [-0.3, -0.25) is 4.79 Å². The van der Waals surface area contributed by atoms with Crippen molar-refractivity contribution in [2.45, 2.75) is 39.7 Å². The first-order valence-corrected chi connectivity index (χ1v) is 6.94. The molecule has 0 aliphatic carbocycles. The van der Waals surface area contributed by atoms with Crippen LogP contribution in [-0.4, -0.2) is 42.2 Å². The number of anilines is 1. The van der Waals surface area contributed by atoms with Crippen LogP contribution in [0.15, 0.2) is 6.20 Å². The standard InChI is InChI=1S/C14H24N4O2/c1-6-20-10(4)7-17-14(19)12-11(15-5)8-16-13(18-12)9(2)3/h8-10,15H,6-7H2,1-5H3,(H,17,19). The molecule has 0 spiro atoms. The van der Waals surface area contributed by atoms with E-state index in [1.807, 2.05) is 27.7 Å². The van der Waals surface area contributed by atoms with E-state index in [-0.39, 0.29) is 17.9 Å². The molecular weight excluding hydrogens is 256 g/mol. The predicted octanol–water partition coefficient (Wildman–Crippen LogP) is 1.80. The van der Waals surface area contributed by atoms with Crippen LogP contribution in [0.2, 0.25) is 0 Å². The van der Waals surface area contributed by atoms with Gasteiger partial charge in [0.1, 0.15) is 5.82 Å². The van der Waals surface area contributed by atoms with Crippen molar-refractivity contribution in [3.05, 3.63) is 17.7 Å². The molecule has 0 fully saturated rings. The third-order valence-corrected chi connectivity index (χ3v) is 2.81. The van der Waals surface area contributed by atoms with Gasteiger partial charge in [0.05, 0.1) is 18.0 Å². The summed E-state index contributed by atoms with van der Waals surface area (Å²) in [6.45, 7) is 8.92. The Balaban J connectivity index is 2.82. The fraction of sp³-hybridized carbons (Fsp3) is 0.643. The first kappa shape index (κ1) is 16.4. The second-order valence-electron chi connectivity index (χ2n) is 4.87. The summed E-state index contributed by atoms with van der Waals surface area (Å²) in [6, 6.07) is 0. The fourth-order valence-electron chi connectivity index (χ4n) is 1.69. The Morgan fingerprint density at radius 3 is 2.65 bits per heavy atom. The van der Waals surface area contributed by atoms with Crippen molar-refractivity contribution in [3.8, 4) is 0 Å². The average molecular weight is 280 g/mol. The van der Waals surface area contributed by atoms with Gasteiger partial charge < -0.3 is 15.4 Å². The molecule has 6 nitrogen and oxygen atoms in total. The molecule has 1 rings (SSSR count). The van der Waals surface area contributed by atoms with Gasteiger partial charge in [-0.05, 0) is 13.8 Å². The van der Waals surface area contributed by atoms with E-state index in [9.17, 15) is 4.79 Å². The molecule has 0 aliphatic heterocycles. The first-order chi connectivity index (χ1) is 9.49. The Hall–Kier alpha value is -1.69. The van der Waals surface area contributed by atoms with E-state index in [1.165, 1.54) is 0 Å². The van der Waals surface area contributed by atoms with Gasteiger partial charge in [0.2, 0.25) is 0 Å². The van der Waals surface area contributed by atoms with Crippen molar-refractivity contribution in [1.82, 2.24) is 15.3 Å². The number of carbonyl (C=O) groups excluding carboxylic acids is 1. The lowest BCUT2D eigenvalue weighted by atomic mass is 10.2. The summed E-state index contributed by atoms with van der Waals surface area (Å²) in [5.41, 5.74) is 0.992. The molecule has 1 aromatic rings. The van der Waals surface area contributed by atoms with Crippen molar-refractivity contribution in [1.29, 1.82) is 0 Å². The van der Waals surface area contributed by atoms with Crippen molar-refractivity contribution in [2.75, 3.05) is 25.5 Å². The minimum Gasteiger partial charge on any atom is -0.385 e. The summed E-state index contributed by atoms with van der Waals surface area (Å²) in [5.74, 6) is 0.618. The highest BCUT2D eigenvalue weighted by molar-refractivity contribution is 5.97. The van der Waals surface area contributed by atoms with Crippen molar-refractivity contribution < 1.29 is 9.53 Å². The first-order valence-electron chi connectivity index (χ1n) is 6.94. The van der Waals surface area contributed by atoms with Crippen molar-refractivity contribution in [2.24, 2.45) is 0 Å². The van der Waals surface area contributed by atoms with Crippen LogP contribution in [0.3, 0.4) is 0 Å². The molecular formula is C14H24N4O2. The van der Waals surface area contributed by atoms with E-state index >= 15 is 0 Å². The van der Waals surface area contributed by atoms with Crippen LogP contribution in [0.1, 0.15) is 49.9 Å². The second kappa shape index (κ2) is 7.79. The quantitative estimate of drug-likeness (QED) is 0.796. The van der Waals surface area contributed by atoms with Gasteiger partial charge in [0, 0.05) is 26.1 Å². The molecule has 1 unspecified atom stereocenters. The average Bonchev–Trinajstić information content (AvgIpc) is 2.44. The molecule has 0 aliphatic rings. The lowest BCUT2D eigenvalue weighted by molar-refractivity contribution is 0.0693. The van der Waals surface area contributed by atoms with Crippen LogP contribution in [0.25, 0.3) is 0 Å². The molecule has 1 atom stereocenters. The zero-order chi connectivity index (χ0) is 15.1. The molecule has 0 radical (unpaired) electrons. The maximum atomic E-state index is 12.2. The number of nitrogens with zero attached hydrogens (tertiary/aromatic N) is 2. The molecule has 1 amide bonds. The van der Waals surface area contributed by atoms with Crippen molar-refractivity contribution in [3.63, 3.8) is 0 Å². The zero-order valence-electron chi connectivity index (χ0n) is 12.9. The topological polar surface area (TPSA) is 76.1 Å². The van der Waals surface area contributed by atoms with Gasteiger partial charge in [0.25, 0.3) is 5.91 Å². The molecule has 20 heavy (non-hydrogen) atoms. The number of carbonyl (C=O) groups is 1. The van der Waals surface area contributed by atoms with Gasteiger partial charge in [-0.2, -0.15) is 0 Å². The Morgan fingerprint density at radius 1 is 1.40 bits per heavy atom. The lowest BCUT2D eigenvalue weighted by Crippen LogP contribution is -2.33. The molecule has 1 heterocycles. The third kappa shape index (κ3) is 4.45. The fourth-order valence-corrected chi connectivity index (χ4v) is 1.69. The van der Waals surface area contributed by atoms with Gasteiger partial charge >= 0.3 is 0 Å². The van der Waals surface area contributed by atoms with Crippen LogP contribution in [0.5, 0.6) is 0 Å². The molecule has 0 aromatic carbocycles. The van der Waals surface area contributed by atoms with E-state index < -0.39 is 0 Å². The normalized spacial score (nSPS) is 12.3. The number of nitrogens with one attached hydrogen (secondary N) is 2. The summed E-state index contributed by atoms with van der Waals surface area (Å²) in [4.78, 5) is 20.8. The third-order valence-electron chi connectivity index (χ3n) is 2.81. The maximum absolute atomic E-state index is 12.2. The number of hydrogen-bond donors (Lipinski definition) is 2. The molecule has 0 saturated heterocycles. The Bertz CT molecular complexity index is 449. The highest BCUT2D eigenvalue weighted by Crippen LogP contribution is 2.15. The molecule has 1 aromatic heterocycles. The van der Waals surface area contributed by atoms with Gasteiger partial charge in [-0.25, -0.2) is 9.97 Å². The molecule has 0 saturated carbocycles. The molecule has 2 N–H and O–H groups in total. The SMILES string of the molecule is CCOC(C)CNC(=O)c1nc(C(C)C)ncc1NC. The number of ether oxygens (including phenoxy) is 1. The number of aromatic nitrogens is 2. The monoisotopic (exact) mass is 280 g/mol. The number of amides is 1. The minimum atomic E-state index is -0.217. The summed E-state index contributed by atoms with van der Waals surface area (Å²) in [5, 5.41) is 5.77. The summed E-state index contributed by atoms with van der Waals surface area (Å²) in [7, 11) is 1.74. The van der Waals surface area contributed by atoms with E-state index in [1.54, 1.807) is 13.2 Å². The van der Waals surface area contributed by atoms with Crippen LogP contribution in [-0.2, 0) is 4.74 Å². The van der Waals surface area contributed by atoms with Gasteiger partial charge in [-0.1, -0.05) is 13.8 Å². The Kier molecular flexibility index (Phi) is 6.38. The van der Waals surface area contributed by atoms with Crippen LogP contribution in [0.4, 0.5) is 5.69 Å². The summed E-state index contributed by atoms with van der Waals surface area (Å²) < 4.78 is 5.38. The van der Waals surface area contributed by atoms with Crippen LogP contribution >= 0.6 is 0 Å². The highest BCUT2D eigenvalue weighted by Gasteiger charge is 2.16. The van der Waals surface area contributed by atoms with Crippen LogP contribution < -0.4 is 10.6 Å².